The van der Waals surface area contributed by atoms with E-state index in [2.05, 4.69) is 5.32 Å². The van der Waals surface area contributed by atoms with Crippen LogP contribution in [0.1, 0.15) is 48.3 Å². The van der Waals surface area contributed by atoms with Gasteiger partial charge in [-0.05, 0) is 44.9 Å². The topological polar surface area (TPSA) is 90.6 Å². The molecule has 22 heavy (non-hydrogen) atoms. The number of hydrogen-bond donors (Lipinski definition) is 2. The van der Waals surface area contributed by atoms with Crippen molar-refractivity contribution in [2.45, 2.75) is 39.3 Å². The third-order valence-electron chi connectivity index (χ3n) is 2.95. The standard InChI is InChI=1S/C16H24N2O4/c1-10-8-11(6-7-12(10)14(19)21-5)13(17)9-18-15(20)22-16(2,3)4/h6-8,13H,9,17H2,1-5H3,(H,18,20). The molecule has 0 aromatic heterocycles. The number of hydrogen-bond acceptors (Lipinski definition) is 5. The number of ether oxygens (including phenoxy) is 2. The Labute approximate surface area is 131 Å². The summed E-state index contributed by atoms with van der Waals surface area (Å²) in [6.45, 7) is 7.43. The SMILES string of the molecule is COC(=O)c1ccc(C(N)CNC(=O)OC(C)(C)C)cc1C. The molecule has 1 atom stereocenters. The van der Waals surface area contributed by atoms with Crippen LogP contribution in [0, 0.1) is 6.92 Å². The zero-order chi connectivity index (χ0) is 16.9. The molecule has 1 aromatic rings. The van der Waals surface area contributed by atoms with E-state index in [4.69, 9.17) is 15.2 Å². The van der Waals surface area contributed by atoms with Crippen molar-refractivity contribution in [2.75, 3.05) is 13.7 Å². The molecule has 1 rings (SSSR count). The first-order valence-corrected chi connectivity index (χ1v) is 7.05. The van der Waals surface area contributed by atoms with Gasteiger partial charge in [-0.25, -0.2) is 9.59 Å². The van der Waals surface area contributed by atoms with E-state index in [9.17, 15) is 9.59 Å². The number of nitrogens with one attached hydrogen (secondary N) is 1. The van der Waals surface area contributed by atoms with Gasteiger partial charge in [0.05, 0.1) is 12.7 Å². The number of alkyl carbamates (subject to hydrolysis) is 1. The van der Waals surface area contributed by atoms with E-state index in [1.165, 1.54) is 7.11 Å². The number of esters is 1. The van der Waals surface area contributed by atoms with Crippen molar-refractivity contribution < 1.29 is 19.1 Å². The lowest BCUT2D eigenvalue weighted by atomic mass is 10.0. The zero-order valence-electron chi connectivity index (χ0n) is 13.7. The van der Waals surface area contributed by atoms with Crippen LogP contribution in [0.2, 0.25) is 0 Å². The van der Waals surface area contributed by atoms with E-state index in [-0.39, 0.29) is 12.5 Å². The molecule has 0 aliphatic carbocycles. The maximum Gasteiger partial charge on any atom is 0.407 e. The second-order valence-electron chi connectivity index (χ2n) is 6.06. The van der Waals surface area contributed by atoms with Crippen molar-refractivity contribution >= 4 is 12.1 Å². The van der Waals surface area contributed by atoms with Crippen LogP contribution in [-0.4, -0.2) is 31.3 Å². The lowest BCUT2D eigenvalue weighted by Gasteiger charge is -2.21. The van der Waals surface area contributed by atoms with Crippen LogP contribution in [0.3, 0.4) is 0 Å². The Morgan fingerprint density at radius 1 is 1.32 bits per heavy atom. The third kappa shape index (κ3) is 5.37. The van der Waals surface area contributed by atoms with Gasteiger partial charge in [-0.1, -0.05) is 12.1 Å². The average Bonchev–Trinajstić information content (AvgIpc) is 2.42. The Hall–Kier alpha value is -2.08. The fourth-order valence-corrected chi connectivity index (χ4v) is 1.88. The molecule has 0 bridgehead atoms. The van der Waals surface area contributed by atoms with Gasteiger partial charge in [0.2, 0.25) is 0 Å². The van der Waals surface area contributed by atoms with Crippen molar-refractivity contribution in [3.05, 3.63) is 34.9 Å². The number of carbonyl (C=O) groups is 2. The number of benzene rings is 1. The highest BCUT2D eigenvalue weighted by molar-refractivity contribution is 5.91. The molecule has 0 saturated carbocycles. The Kier molecular flexibility index (Phi) is 5.93. The molecule has 1 aromatic carbocycles. The second-order valence-corrected chi connectivity index (χ2v) is 6.06. The summed E-state index contributed by atoms with van der Waals surface area (Å²) in [4.78, 5) is 23.1. The third-order valence-corrected chi connectivity index (χ3v) is 2.95. The van der Waals surface area contributed by atoms with E-state index >= 15 is 0 Å². The van der Waals surface area contributed by atoms with E-state index in [0.29, 0.717) is 5.56 Å². The zero-order valence-corrected chi connectivity index (χ0v) is 13.7. The van der Waals surface area contributed by atoms with Crippen molar-refractivity contribution in [3.63, 3.8) is 0 Å². The molecule has 0 aliphatic rings. The molecule has 3 N–H and O–H groups in total. The van der Waals surface area contributed by atoms with Crippen LogP contribution in [-0.2, 0) is 9.47 Å². The molecule has 0 saturated heterocycles. The highest BCUT2D eigenvalue weighted by Crippen LogP contribution is 2.17. The van der Waals surface area contributed by atoms with Gasteiger partial charge in [-0.3, -0.25) is 0 Å². The minimum absolute atomic E-state index is 0.242. The Morgan fingerprint density at radius 3 is 2.45 bits per heavy atom. The molecule has 0 spiro atoms. The summed E-state index contributed by atoms with van der Waals surface area (Å²) in [5.74, 6) is -0.385. The predicted octanol–water partition coefficient (Wildman–Crippen LogP) is 2.31. The fourth-order valence-electron chi connectivity index (χ4n) is 1.88. The van der Waals surface area contributed by atoms with Crippen molar-refractivity contribution in [2.24, 2.45) is 5.73 Å². The number of nitrogens with two attached hydrogens (primary N) is 1. The normalized spacial score (nSPS) is 12.5. The van der Waals surface area contributed by atoms with Crippen LogP contribution >= 0.6 is 0 Å². The second kappa shape index (κ2) is 7.26. The lowest BCUT2D eigenvalue weighted by Crippen LogP contribution is -2.36. The summed E-state index contributed by atoms with van der Waals surface area (Å²) in [7, 11) is 1.34. The minimum atomic E-state index is -0.549. The maximum atomic E-state index is 11.6. The van der Waals surface area contributed by atoms with Gasteiger partial charge < -0.3 is 20.5 Å². The van der Waals surface area contributed by atoms with Gasteiger partial charge in [0.25, 0.3) is 0 Å². The molecule has 6 heteroatoms. The average molecular weight is 308 g/mol. The number of aryl methyl sites for hydroxylation is 1. The number of carbonyl (C=O) groups excluding carboxylic acids is 2. The molecule has 6 nitrogen and oxygen atoms in total. The number of amides is 1. The molecular weight excluding hydrogens is 284 g/mol. The lowest BCUT2D eigenvalue weighted by molar-refractivity contribution is 0.0523. The van der Waals surface area contributed by atoms with Gasteiger partial charge in [-0.15, -0.1) is 0 Å². The van der Waals surface area contributed by atoms with Gasteiger partial charge in [0.1, 0.15) is 5.60 Å². The summed E-state index contributed by atoms with van der Waals surface area (Å²) in [5, 5.41) is 2.63. The van der Waals surface area contributed by atoms with Crippen LogP contribution in [0.5, 0.6) is 0 Å². The molecule has 122 valence electrons. The first kappa shape index (κ1) is 18.0. The van der Waals surface area contributed by atoms with Crippen molar-refractivity contribution in [1.82, 2.24) is 5.32 Å². The maximum absolute atomic E-state index is 11.6. The molecule has 1 unspecified atom stereocenters. The van der Waals surface area contributed by atoms with E-state index in [1.807, 2.05) is 13.0 Å². The molecule has 0 aliphatic heterocycles. The number of methoxy groups -OCH3 is 1. The minimum Gasteiger partial charge on any atom is -0.465 e. The Balaban J connectivity index is 2.67. The summed E-state index contributed by atoms with van der Waals surface area (Å²) in [5.41, 5.74) is 7.59. The first-order chi connectivity index (χ1) is 10.1. The van der Waals surface area contributed by atoms with Crippen LogP contribution < -0.4 is 11.1 Å². The first-order valence-electron chi connectivity index (χ1n) is 7.05. The molecule has 0 heterocycles. The number of rotatable bonds is 4. The van der Waals surface area contributed by atoms with Crippen molar-refractivity contribution in [1.29, 1.82) is 0 Å². The highest BCUT2D eigenvalue weighted by Gasteiger charge is 2.17. The highest BCUT2D eigenvalue weighted by atomic mass is 16.6. The van der Waals surface area contributed by atoms with E-state index in [0.717, 1.165) is 11.1 Å². The van der Waals surface area contributed by atoms with Crippen molar-refractivity contribution in [3.8, 4) is 0 Å². The smallest absolute Gasteiger partial charge is 0.407 e. The summed E-state index contributed by atoms with van der Waals surface area (Å²) < 4.78 is 9.85. The fraction of sp³-hybridized carbons (Fsp3) is 0.500. The molecule has 1 amide bonds. The van der Waals surface area contributed by atoms with Gasteiger partial charge in [0.15, 0.2) is 0 Å². The molecule has 0 fully saturated rings. The van der Waals surface area contributed by atoms with Gasteiger partial charge in [-0.2, -0.15) is 0 Å². The monoisotopic (exact) mass is 308 g/mol. The summed E-state index contributed by atoms with van der Waals surface area (Å²) >= 11 is 0. The molecule has 0 radical (unpaired) electrons. The summed E-state index contributed by atoms with van der Waals surface area (Å²) in [6, 6.07) is 4.84. The quantitative estimate of drug-likeness (QED) is 0.833. The largest absolute Gasteiger partial charge is 0.465 e. The van der Waals surface area contributed by atoms with Gasteiger partial charge in [0, 0.05) is 12.6 Å². The van der Waals surface area contributed by atoms with E-state index < -0.39 is 17.7 Å². The Morgan fingerprint density at radius 2 is 1.95 bits per heavy atom. The van der Waals surface area contributed by atoms with Gasteiger partial charge >= 0.3 is 12.1 Å². The molecular formula is C16H24N2O4. The van der Waals surface area contributed by atoms with Crippen LogP contribution in [0.15, 0.2) is 18.2 Å². The predicted molar refractivity (Wildman–Crippen MR) is 83.7 cm³/mol. The van der Waals surface area contributed by atoms with Crippen LogP contribution in [0.25, 0.3) is 0 Å². The van der Waals surface area contributed by atoms with Crippen LogP contribution in [0.4, 0.5) is 4.79 Å². The summed E-state index contributed by atoms with van der Waals surface area (Å²) in [6.07, 6.45) is -0.508. The van der Waals surface area contributed by atoms with E-state index in [1.54, 1.807) is 32.9 Å². The Bertz CT molecular complexity index is 550.